The fourth-order valence-electron chi connectivity index (χ4n) is 2.39. The van der Waals surface area contributed by atoms with Crippen molar-refractivity contribution in [2.24, 2.45) is 0 Å². The quantitative estimate of drug-likeness (QED) is 0.669. The fraction of sp³-hybridized carbons (Fsp3) is 0.111. The summed E-state index contributed by atoms with van der Waals surface area (Å²) in [5, 5.41) is 9.59. The van der Waals surface area contributed by atoms with Crippen molar-refractivity contribution in [3.63, 3.8) is 0 Å². The lowest BCUT2D eigenvalue weighted by atomic mass is 10.1. The van der Waals surface area contributed by atoms with Gasteiger partial charge < -0.3 is 14.8 Å². The normalized spacial score (nSPS) is 10.5. The summed E-state index contributed by atoms with van der Waals surface area (Å²) in [7, 11) is 3.18. The van der Waals surface area contributed by atoms with Gasteiger partial charge in [-0.2, -0.15) is 5.10 Å². The lowest BCUT2D eigenvalue weighted by Crippen LogP contribution is -2.09. The van der Waals surface area contributed by atoms with E-state index in [1.807, 2.05) is 42.5 Å². The van der Waals surface area contributed by atoms with Gasteiger partial charge in [0.15, 0.2) is 11.5 Å². The number of ether oxygens (including phenoxy) is 2. The minimum Gasteiger partial charge on any atom is -0.493 e. The van der Waals surface area contributed by atoms with E-state index in [-0.39, 0.29) is 10.0 Å². The molecule has 2 N–H and O–H groups in total. The molecule has 0 amide bonds. The zero-order chi connectivity index (χ0) is 18.7. The molecular formula is C18H15Cl2N3O3. The molecule has 2 aromatic carbocycles. The third kappa shape index (κ3) is 3.61. The Hall–Kier alpha value is -2.70. The van der Waals surface area contributed by atoms with Gasteiger partial charge >= 0.3 is 0 Å². The van der Waals surface area contributed by atoms with Gasteiger partial charge in [-0.3, -0.25) is 4.79 Å². The summed E-state index contributed by atoms with van der Waals surface area (Å²) in [5.74, 6) is 1.29. The van der Waals surface area contributed by atoms with Crippen LogP contribution < -0.4 is 20.3 Å². The van der Waals surface area contributed by atoms with Gasteiger partial charge in [-0.1, -0.05) is 35.3 Å². The van der Waals surface area contributed by atoms with Crippen LogP contribution in [0.3, 0.4) is 0 Å². The van der Waals surface area contributed by atoms with Crippen LogP contribution in [-0.4, -0.2) is 24.4 Å². The van der Waals surface area contributed by atoms with Gasteiger partial charge in [-0.05, 0) is 24.3 Å². The number of hydrogen-bond donors (Lipinski definition) is 2. The van der Waals surface area contributed by atoms with E-state index < -0.39 is 5.56 Å². The Bertz CT molecular complexity index is 988. The summed E-state index contributed by atoms with van der Waals surface area (Å²) >= 11 is 12.0. The highest BCUT2D eigenvalue weighted by atomic mass is 35.5. The van der Waals surface area contributed by atoms with E-state index in [1.54, 1.807) is 14.2 Å². The molecule has 0 atom stereocenters. The molecule has 1 heterocycles. The number of rotatable bonds is 5. The number of aromatic amines is 1. The van der Waals surface area contributed by atoms with Gasteiger partial charge in [-0.15, -0.1) is 0 Å². The minimum absolute atomic E-state index is 0.0794. The summed E-state index contributed by atoms with van der Waals surface area (Å²) in [6.07, 6.45) is 0. The first-order valence-electron chi connectivity index (χ1n) is 7.56. The number of halogens is 2. The standard InChI is InChI=1S/C18H15Cl2N3O3/c1-25-13-8-7-12(9-14(13)26-2)21-11-5-3-10(4-6-11)17-15(19)16(20)18(24)23-22-17/h3-9,21H,1-2H3,(H,23,24). The average Bonchev–Trinajstić information content (AvgIpc) is 2.67. The Balaban J connectivity index is 1.85. The van der Waals surface area contributed by atoms with E-state index >= 15 is 0 Å². The van der Waals surface area contributed by atoms with Gasteiger partial charge in [0.05, 0.1) is 19.2 Å². The van der Waals surface area contributed by atoms with Gasteiger partial charge in [0, 0.05) is 23.0 Å². The van der Waals surface area contributed by atoms with Crippen molar-refractivity contribution >= 4 is 34.6 Å². The lowest BCUT2D eigenvalue weighted by Gasteiger charge is -2.12. The van der Waals surface area contributed by atoms with Crippen LogP contribution in [0.15, 0.2) is 47.3 Å². The van der Waals surface area contributed by atoms with Crippen molar-refractivity contribution in [2.45, 2.75) is 0 Å². The van der Waals surface area contributed by atoms with Crippen LogP contribution >= 0.6 is 23.2 Å². The van der Waals surface area contributed by atoms with Crippen LogP contribution in [0.25, 0.3) is 11.3 Å². The zero-order valence-electron chi connectivity index (χ0n) is 14.0. The van der Waals surface area contributed by atoms with Crippen molar-refractivity contribution in [2.75, 3.05) is 19.5 Å². The van der Waals surface area contributed by atoms with Gasteiger partial charge in [0.25, 0.3) is 5.56 Å². The minimum atomic E-state index is -0.521. The maximum absolute atomic E-state index is 11.4. The first kappa shape index (κ1) is 18.1. The van der Waals surface area contributed by atoms with Crippen molar-refractivity contribution < 1.29 is 9.47 Å². The summed E-state index contributed by atoms with van der Waals surface area (Å²) in [5.41, 5.74) is 2.32. The second kappa shape index (κ2) is 7.68. The molecule has 8 heteroatoms. The molecule has 0 aliphatic rings. The Kier molecular flexibility index (Phi) is 5.35. The molecule has 0 saturated heterocycles. The van der Waals surface area contributed by atoms with E-state index in [0.29, 0.717) is 17.2 Å². The van der Waals surface area contributed by atoms with E-state index in [2.05, 4.69) is 15.5 Å². The average molecular weight is 392 g/mol. The molecular weight excluding hydrogens is 377 g/mol. The summed E-state index contributed by atoms with van der Waals surface area (Å²) < 4.78 is 10.5. The summed E-state index contributed by atoms with van der Waals surface area (Å²) in [6, 6.07) is 12.9. The number of nitrogens with one attached hydrogen (secondary N) is 2. The van der Waals surface area contributed by atoms with Crippen molar-refractivity contribution in [3.8, 4) is 22.8 Å². The van der Waals surface area contributed by atoms with Crippen molar-refractivity contribution in [3.05, 3.63) is 62.9 Å². The predicted octanol–water partition coefficient (Wildman–Crippen LogP) is 4.50. The maximum atomic E-state index is 11.4. The first-order chi connectivity index (χ1) is 12.5. The van der Waals surface area contributed by atoms with E-state index in [0.717, 1.165) is 16.9 Å². The monoisotopic (exact) mass is 391 g/mol. The van der Waals surface area contributed by atoms with E-state index in [4.69, 9.17) is 32.7 Å². The van der Waals surface area contributed by atoms with Crippen LogP contribution in [0.5, 0.6) is 11.5 Å². The van der Waals surface area contributed by atoms with Crippen LogP contribution in [-0.2, 0) is 0 Å². The molecule has 0 spiro atoms. The fourth-order valence-corrected chi connectivity index (χ4v) is 2.76. The maximum Gasteiger partial charge on any atom is 0.284 e. The third-order valence-electron chi connectivity index (χ3n) is 3.70. The number of nitrogens with zero attached hydrogens (tertiary/aromatic N) is 1. The highest BCUT2D eigenvalue weighted by Gasteiger charge is 2.12. The van der Waals surface area contributed by atoms with Gasteiger partial charge in [0.2, 0.25) is 0 Å². The molecule has 0 saturated carbocycles. The summed E-state index contributed by atoms with van der Waals surface area (Å²) in [4.78, 5) is 11.4. The first-order valence-corrected chi connectivity index (χ1v) is 8.32. The number of aromatic nitrogens is 2. The van der Waals surface area contributed by atoms with E-state index in [1.165, 1.54) is 0 Å². The van der Waals surface area contributed by atoms with E-state index in [9.17, 15) is 4.79 Å². The van der Waals surface area contributed by atoms with Crippen molar-refractivity contribution in [1.82, 2.24) is 10.2 Å². The molecule has 0 fully saturated rings. The molecule has 0 aliphatic heterocycles. The number of hydrogen-bond acceptors (Lipinski definition) is 5. The molecule has 0 radical (unpaired) electrons. The van der Waals surface area contributed by atoms with Gasteiger partial charge in [0.1, 0.15) is 10.7 Å². The highest BCUT2D eigenvalue weighted by Crippen LogP contribution is 2.32. The third-order valence-corrected chi connectivity index (χ3v) is 4.53. The topological polar surface area (TPSA) is 76.2 Å². The number of anilines is 2. The Morgan fingerprint density at radius 1 is 0.923 bits per heavy atom. The molecule has 26 heavy (non-hydrogen) atoms. The second-order valence-electron chi connectivity index (χ2n) is 5.30. The lowest BCUT2D eigenvalue weighted by molar-refractivity contribution is 0.355. The molecule has 1 aromatic heterocycles. The number of methoxy groups -OCH3 is 2. The number of H-pyrrole nitrogens is 1. The molecule has 6 nitrogen and oxygen atoms in total. The molecule has 0 bridgehead atoms. The SMILES string of the molecule is COc1ccc(Nc2ccc(-c3n[nH]c(=O)c(Cl)c3Cl)cc2)cc1OC. The zero-order valence-corrected chi connectivity index (χ0v) is 15.5. The second-order valence-corrected chi connectivity index (χ2v) is 6.06. The molecule has 134 valence electrons. The molecule has 0 unspecified atom stereocenters. The van der Waals surface area contributed by atoms with Crippen LogP contribution in [0.4, 0.5) is 11.4 Å². The highest BCUT2D eigenvalue weighted by molar-refractivity contribution is 6.43. The van der Waals surface area contributed by atoms with Crippen LogP contribution in [0.1, 0.15) is 0 Å². The smallest absolute Gasteiger partial charge is 0.284 e. The van der Waals surface area contributed by atoms with Crippen molar-refractivity contribution in [1.29, 1.82) is 0 Å². The largest absolute Gasteiger partial charge is 0.493 e. The Labute approximate surface area is 159 Å². The Morgan fingerprint density at radius 3 is 2.23 bits per heavy atom. The van der Waals surface area contributed by atoms with Gasteiger partial charge in [-0.25, -0.2) is 5.10 Å². The summed E-state index contributed by atoms with van der Waals surface area (Å²) in [6.45, 7) is 0. The molecule has 3 rings (SSSR count). The molecule has 3 aromatic rings. The van der Waals surface area contributed by atoms with Crippen LogP contribution in [0.2, 0.25) is 10.0 Å². The van der Waals surface area contributed by atoms with Crippen LogP contribution in [0, 0.1) is 0 Å². The Morgan fingerprint density at radius 2 is 1.58 bits per heavy atom. The molecule has 0 aliphatic carbocycles. The number of benzene rings is 2. The predicted molar refractivity (Wildman–Crippen MR) is 103 cm³/mol.